The number of ketones is 1. The van der Waals surface area contributed by atoms with Crippen molar-refractivity contribution >= 4 is 11.8 Å². The van der Waals surface area contributed by atoms with Crippen LogP contribution in [-0.2, 0) is 22.4 Å². The fraction of sp³-hybridized carbons (Fsp3) is 0.533. The Morgan fingerprint density at radius 2 is 1.84 bits per heavy atom. The number of carbonyl (C=O) groups is 2. The Hall–Kier alpha value is -2.22. The molecule has 0 saturated heterocycles. The third-order valence-corrected chi connectivity index (χ3v) is 7.10. The molecule has 0 spiro atoms. The van der Waals surface area contributed by atoms with Gasteiger partial charge < -0.3 is 18.9 Å². The third-order valence-electron chi connectivity index (χ3n) is 7.10. The molecular weight excluding hydrogens is 491 g/mol. The van der Waals surface area contributed by atoms with E-state index >= 15 is 0 Å². The molecule has 0 unspecified atom stereocenters. The van der Waals surface area contributed by atoms with Crippen LogP contribution in [0.5, 0.6) is 0 Å². The molecule has 0 bridgehead atoms. The second-order valence-electron chi connectivity index (χ2n) is 11.8. The molecule has 1 aliphatic carbocycles. The van der Waals surface area contributed by atoms with E-state index in [0.717, 1.165) is 53.7 Å². The Balaban J connectivity index is 0.00000400. The fourth-order valence-electron chi connectivity index (χ4n) is 4.82. The number of hydrogen-bond acceptors (Lipinski definition) is 7. The number of benzene rings is 1. The Morgan fingerprint density at radius 3 is 2.47 bits per heavy atom. The van der Waals surface area contributed by atoms with Crippen LogP contribution in [-0.4, -0.2) is 22.1 Å². The van der Waals surface area contributed by atoms with E-state index in [9.17, 15) is 14.7 Å². The first kappa shape index (κ1) is 30.3. The summed E-state index contributed by atoms with van der Waals surface area (Å²) in [7, 11) is 0. The molecule has 0 radical (unpaired) electrons. The summed E-state index contributed by atoms with van der Waals surface area (Å²) in [5, 5.41) is 20.0. The van der Waals surface area contributed by atoms with Gasteiger partial charge in [0, 0.05) is 42.8 Å². The summed E-state index contributed by atoms with van der Waals surface area (Å²) in [6, 6.07) is 7.97. The summed E-state index contributed by atoms with van der Waals surface area (Å²) >= 11 is 0. The zero-order valence-corrected chi connectivity index (χ0v) is 25.6. The number of rotatable bonds is 12. The zero-order valence-electron chi connectivity index (χ0n) is 23.6. The average Bonchev–Trinajstić information content (AvgIpc) is 3.37. The number of Topliss-reactive ketones (excluding diaryl/α,β-unsaturated/α-hetero) is 1. The summed E-state index contributed by atoms with van der Waals surface area (Å²) in [5.41, 5.74) is 5.62. The monoisotopic (exact) mass is 528 g/mol. The van der Waals surface area contributed by atoms with E-state index in [1.54, 1.807) is 0 Å². The van der Waals surface area contributed by atoms with Crippen molar-refractivity contribution in [3.63, 3.8) is 0 Å². The quantitative estimate of drug-likeness (QED) is 0.333. The van der Waals surface area contributed by atoms with Crippen molar-refractivity contribution in [2.24, 2.45) is 5.41 Å². The molecule has 1 fully saturated rings. The van der Waals surface area contributed by atoms with Gasteiger partial charge >= 0.3 is 29.6 Å². The second-order valence-corrected chi connectivity index (χ2v) is 11.8. The van der Waals surface area contributed by atoms with Gasteiger partial charge in [-0.15, -0.1) is 0 Å². The summed E-state index contributed by atoms with van der Waals surface area (Å²) in [6.07, 6.45) is 4.36. The van der Waals surface area contributed by atoms with Crippen LogP contribution >= 0.6 is 0 Å². The van der Waals surface area contributed by atoms with Crippen LogP contribution in [0.2, 0.25) is 0 Å². The maximum Gasteiger partial charge on any atom is 1.00 e. The van der Waals surface area contributed by atoms with E-state index in [4.69, 9.17) is 9.05 Å². The molecule has 0 amide bonds. The molecule has 38 heavy (non-hydrogen) atoms. The van der Waals surface area contributed by atoms with Gasteiger partial charge in [-0.05, 0) is 68.4 Å². The molecule has 1 aliphatic rings. The van der Waals surface area contributed by atoms with Crippen molar-refractivity contribution in [1.82, 2.24) is 10.3 Å². The molecule has 2 aromatic heterocycles. The summed E-state index contributed by atoms with van der Waals surface area (Å²) in [6.45, 7) is 10.6. The molecular formula is C30H37N2NaO5. The fourth-order valence-corrected chi connectivity index (χ4v) is 4.82. The molecule has 0 N–H and O–H groups in total. The molecule has 7 nitrogen and oxygen atoms in total. The van der Waals surface area contributed by atoms with Crippen LogP contribution in [0, 0.1) is 19.3 Å². The molecule has 1 atom stereocenters. The van der Waals surface area contributed by atoms with E-state index in [1.807, 2.05) is 32.0 Å². The SMILES string of the molecule is Cc1ccc(CC(=O)C[C@H](CCC(=O)[O-])c2noc(-c3cc(CCC(C)(C)C)on3)c2C2CC2)c(C)c1.[Na+]. The van der Waals surface area contributed by atoms with Gasteiger partial charge in [0.2, 0.25) is 0 Å². The van der Waals surface area contributed by atoms with Crippen LogP contribution in [0.4, 0.5) is 0 Å². The Morgan fingerprint density at radius 1 is 1.11 bits per heavy atom. The molecule has 1 saturated carbocycles. The van der Waals surface area contributed by atoms with Gasteiger partial charge in [0.05, 0.1) is 5.69 Å². The van der Waals surface area contributed by atoms with Gasteiger partial charge in [-0.1, -0.05) is 54.8 Å². The van der Waals surface area contributed by atoms with Crippen molar-refractivity contribution in [3.05, 3.63) is 58.0 Å². The molecule has 0 aliphatic heterocycles. The van der Waals surface area contributed by atoms with Gasteiger partial charge in [0.15, 0.2) is 11.5 Å². The van der Waals surface area contributed by atoms with Crippen molar-refractivity contribution in [3.8, 4) is 11.5 Å². The number of aryl methyl sites for hydroxylation is 3. The topological polar surface area (TPSA) is 109 Å². The Labute approximate surface area is 247 Å². The molecule has 2 heterocycles. The zero-order chi connectivity index (χ0) is 26.7. The van der Waals surface area contributed by atoms with Crippen molar-refractivity contribution in [2.45, 2.75) is 97.8 Å². The molecule has 1 aromatic carbocycles. The first-order valence-corrected chi connectivity index (χ1v) is 13.2. The standard InChI is InChI=1S/C30H38N2O5.Na/c1-18-6-7-21(19(2)14-18)15-23(33)16-22(10-11-26(34)35)28-27(20-8-9-20)29(37-32-28)25-17-24(36-31-25)12-13-30(3,4)5;/h6-7,14,17,20,22H,8-13,15-16H2,1-5H3,(H,34,35);/q;+1/p-1/t22-;/m0./s1. The van der Waals surface area contributed by atoms with Crippen molar-refractivity contribution < 1.29 is 53.3 Å². The number of carboxylic acids is 1. The van der Waals surface area contributed by atoms with E-state index < -0.39 is 5.97 Å². The van der Waals surface area contributed by atoms with E-state index in [1.165, 1.54) is 0 Å². The number of carbonyl (C=O) groups excluding carboxylic acids is 2. The molecule has 4 rings (SSSR count). The smallest absolute Gasteiger partial charge is 0.550 e. The minimum Gasteiger partial charge on any atom is -0.550 e. The van der Waals surface area contributed by atoms with Crippen molar-refractivity contribution in [1.29, 1.82) is 0 Å². The van der Waals surface area contributed by atoms with Crippen LogP contribution in [0.25, 0.3) is 11.5 Å². The largest absolute Gasteiger partial charge is 1.00 e. The van der Waals surface area contributed by atoms with Crippen LogP contribution in [0.1, 0.15) is 105 Å². The first-order chi connectivity index (χ1) is 17.5. The van der Waals surface area contributed by atoms with Gasteiger partial charge in [0.1, 0.15) is 11.5 Å². The minimum atomic E-state index is -1.14. The van der Waals surface area contributed by atoms with Crippen LogP contribution < -0.4 is 34.7 Å². The minimum absolute atomic E-state index is 0. The third kappa shape index (κ3) is 8.14. The number of aromatic nitrogens is 2. The normalized spacial score (nSPS) is 14.2. The summed E-state index contributed by atoms with van der Waals surface area (Å²) < 4.78 is 11.4. The van der Waals surface area contributed by atoms with Gasteiger partial charge in [-0.3, -0.25) is 4.79 Å². The number of carboxylic acid groups (broad SMARTS) is 1. The number of hydrogen-bond donors (Lipinski definition) is 0. The van der Waals surface area contributed by atoms with Gasteiger partial charge in [-0.25, -0.2) is 0 Å². The number of aliphatic carboxylic acids is 1. The predicted octanol–water partition coefficient (Wildman–Crippen LogP) is 2.62. The Bertz CT molecular complexity index is 1270. The summed E-state index contributed by atoms with van der Waals surface area (Å²) in [5.74, 6) is 0.184. The number of nitrogens with zero attached hydrogens (tertiary/aromatic N) is 2. The maximum absolute atomic E-state index is 13.2. The first-order valence-electron chi connectivity index (χ1n) is 13.2. The summed E-state index contributed by atoms with van der Waals surface area (Å²) in [4.78, 5) is 24.5. The molecule has 3 aromatic rings. The predicted molar refractivity (Wildman–Crippen MR) is 138 cm³/mol. The molecule has 8 heteroatoms. The van der Waals surface area contributed by atoms with Crippen LogP contribution in [0.15, 0.2) is 33.3 Å². The van der Waals surface area contributed by atoms with E-state index in [-0.39, 0.29) is 71.9 Å². The van der Waals surface area contributed by atoms with E-state index in [2.05, 4.69) is 37.2 Å². The van der Waals surface area contributed by atoms with Gasteiger partial charge in [-0.2, -0.15) is 0 Å². The van der Waals surface area contributed by atoms with Crippen LogP contribution in [0.3, 0.4) is 0 Å². The van der Waals surface area contributed by atoms with Crippen molar-refractivity contribution in [2.75, 3.05) is 0 Å². The average molecular weight is 529 g/mol. The second kappa shape index (κ2) is 12.8. The molecule has 198 valence electrons. The Kier molecular flexibility index (Phi) is 10.2. The van der Waals surface area contributed by atoms with Gasteiger partial charge in [0.25, 0.3) is 0 Å². The van der Waals surface area contributed by atoms with E-state index in [0.29, 0.717) is 23.6 Å². The maximum atomic E-state index is 13.2.